The lowest BCUT2D eigenvalue weighted by molar-refractivity contribution is -0.131. The Bertz CT molecular complexity index is 482. The predicted octanol–water partition coefficient (Wildman–Crippen LogP) is 3.35. The smallest absolute Gasteiger partial charge is 0.238 e. The van der Waals surface area contributed by atoms with Crippen molar-refractivity contribution in [2.45, 2.75) is 44.8 Å². The van der Waals surface area contributed by atoms with Crippen LogP contribution in [0.15, 0.2) is 24.3 Å². The third kappa shape index (κ3) is 2.57. The molecule has 1 heterocycles. The number of benzene rings is 1. The van der Waals surface area contributed by atoms with Gasteiger partial charge in [0.05, 0.1) is 6.54 Å². The van der Waals surface area contributed by atoms with Crippen LogP contribution in [-0.4, -0.2) is 23.4 Å². The van der Waals surface area contributed by atoms with Crippen molar-refractivity contribution in [2.24, 2.45) is 5.92 Å². The molecule has 1 aliphatic carbocycles. The molecule has 1 aromatic carbocycles. The van der Waals surface area contributed by atoms with Crippen LogP contribution in [0.1, 0.15) is 44.3 Å². The van der Waals surface area contributed by atoms with Gasteiger partial charge >= 0.3 is 0 Å². The van der Waals surface area contributed by atoms with E-state index in [1.807, 2.05) is 29.2 Å². The summed E-state index contributed by atoms with van der Waals surface area (Å²) < 4.78 is 0. The highest BCUT2D eigenvalue weighted by Gasteiger charge is 2.38. The van der Waals surface area contributed by atoms with Crippen molar-refractivity contribution in [1.29, 1.82) is 0 Å². The average Bonchev–Trinajstić information content (AvgIpc) is 3.08. The predicted molar refractivity (Wildman–Crippen MR) is 80.5 cm³/mol. The van der Waals surface area contributed by atoms with Crippen LogP contribution in [0.25, 0.3) is 0 Å². The summed E-state index contributed by atoms with van der Waals surface area (Å²) in [5.41, 5.74) is 1.12. The Kier molecular flexibility index (Phi) is 3.99. The number of carbonyl (C=O) groups excluding carboxylic acids is 1. The summed E-state index contributed by atoms with van der Waals surface area (Å²) >= 11 is 5.95. The largest absolute Gasteiger partial charge is 0.319 e. The molecule has 2 aliphatic rings. The monoisotopic (exact) mass is 292 g/mol. The second kappa shape index (κ2) is 5.74. The van der Waals surface area contributed by atoms with Gasteiger partial charge in [-0.3, -0.25) is 10.1 Å². The third-order valence-corrected chi connectivity index (χ3v) is 4.97. The van der Waals surface area contributed by atoms with Crippen LogP contribution >= 0.6 is 11.6 Å². The van der Waals surface area contributed by atoms with E-state index in [9.17, 15) is 4.79 Å². The van der Waals surface area contributed by atoms with Crippen molar-refractivity contribution in [3.8, 4) is 0 Å². The van der Waals surface area contributed by atoms with Gasteiger partial charge in [-0.2, -0.15) is 0 Å². The van der Waals surface area contributed by atoms with E-state index in [2.05, 4.69) is 12.2 Å². The van der Waals surface area contributed by atoms with Gasteiger partial charge in [0.1, 0.15) is 6.17 Å². The van der Waals surface area contributed by atoms with Crippen molar-refractivity contribution in [2.75, 3.05) is 6.54 Å². The lowest BCUT2D eigenvalue weighted by Crippen LogP contribution is -2.41. The number of hydrogen-bond donors (Lipinski definition) is 1. The molecular weight excluding hydrogens is 272 g/mol. The molecule has 2 fully saturated rings. The minimum atomic E-state index is -0.00429. The highest BCUT2D eigenvalue weighted by Crippen LogP contribution is 2.35. The fourth-order valence-electron chi connectivity index (χ4n) is 3.57. The van der Waals surface area contributed by atoms with Gasteiger partial charge in [0.15, 0.2) is 0 Å². The zero-order valence-electron chi connectivity index (χ0n) is 11.8. The topological polar surface area (TPSA) is 32.3 Å². The molecule has 0 spiro atoms. The highest BCUT2D eigenvalue weighted by molar-refractivity contribution is 6.30. The highest BCUT2D eigenvalue weighted by atomic mass is 35.5. The van der Waals surface area contributed by atoms with E-state index in [1.54, 1.807) is 0 Å². The van der Waals surface area contributed by atoms with Gasteiger partial charge in [-0.15, -0.1) is 0 Å². The standard InChI is InChI=1S/C16H21ClN2O/c1-11(12-4-2-3-5-12)19-15(20)10-18-16(19)13-6-8-14(17)9-7-13/h6-9,11-12,16,18H,2-5,10H2,1H3. The summed E-state index contributed by atoms with van der Waals surface area (Å²) in [7, 11) is 0. The van der Waals surface area contributed by atoms with Gasteiger partial charge in [-0.05, 0) is 43.4 Å². The molecule has 1 aromatic rings. The lowest BCUT2D eigenvalue weighted by atomic mass is 9.97. The Morgan fingerprint density at radius 1 is 1.25 bits per heavy atom. The number of halogens is 1. The van der Waals surface area contributed by atoms with Crippen LogP contribution in [0.3, 0.4) is 0 Å². The number of amides is 1. The van der Waals surface area contributed by atoms with Gasteiger partial charge in [-0.25, -0.2) is 0 Å². The molecule has 0 bridgehead atoms. The van der Waals surface area contributed by atoms with E-state index in [1.165, 1.54) is 25.7 Å². The lowest BCUT2D eigenvalue weighted by Gasteiger charge is -2.34. The number of hydrogen-bond acceptors (Lipinski definition) is 2. The normalized spacial score (nSPS) is 25.4. The maximum Gasteiger partial charge on any atom is 0.238 e. The first-order valence-electron chi connectivity index (χ1n) is 7.47. The van der Waals surface area contributed by atoms with Crippen molar-refractivity contribution in [1.82, 2.24) is 10.2 Å². The van der Waals surface area contributed by atoms with Gasteiger partial charge in [0.2, 0.25) is 5.91 Å². The number of nitrogens with zero attached hydrogens (tertiary/aromatic N) is 1. The summed E-state index contributed by atoms with van der Waals surface area (Å²) in [5.74, 6) is 0.859. The van der Waals surface area contributed by atoms with E-state index < -0.39 is 0 Å². The Labute approximate surface area is 125 Å². The minimum Gasteiger partial charge on any atom is -0.319 e. The van der Waals surface area contributed by atoms with E-state index in [0.29, 0.717) is 18.5 Å². The molecule has 0 radical (unpaired) electrons. The molecule has 2 atom stereocenters. The molecule has 3 nitrogen and oxygen atoms in total. The van der Waals surface area contributed by atoms with Crippen molar-refractivity contribution < 1.29 is 4.79 Å². The molecular formula is C16H21ClN2O. The number of rotatable bonds is 3. The van der Waals surface area contributed by atoms with Crippen molar-refractivity contribution in [3.05, 3.63) is 34.9 Å². The summed E-state index contributed by atoms with van der Waals surface area (Å²) in [6.07, 6.45) is 5.10. The van der Waals surface area contributed by atoms with Crippen LogP contribution in [0.4, 0.5) is 0 Å². The first-order valence-corrected chi connectivity index (χ1v) is 7.84. The summed E-state index contributed by atoms with van der Waals surface area (Å²) in [4.78, 5) is 14.3. The average molecular weight is 293 g/mol. The molecule has 1 N–H and O–H groups in total. The van der Waals surface area contributed by atoms with Gasteiger partial charge in [-0.1, -0.05) is 36.6 Å². The maximum atomic E-state index is 12.3. The Morgan fingerprint density at radius 2 is 1.90 bits per heavy atom. The van der Waals surface area contributed by atoms with Gasteiger partial charge in [0.25, 0.3) is 0 Å². The van der Waals surface area contributed by atoms with Crippen LogP contribution in [0, 0.1) is 5.92 Å². The Hall–Kier alpha value is -1.06. The van der Waals surface area contributed by atoms with E-state index in [0.717, 1.165) is 10.6 Å². The minimum absolute atomic E-state index is 0.00429. The zero-order valence-corrected chi connectivity index (χ0v) is 12.6. The van der Waals surface area contributed by atoms with Crippen LogP contribution in [0.2, 0.25) is 5.02 Å². The van der Waals surface area contributed by atoms with E-state index in [-0.39, 0.29) is 12.1 Å². The molecule has 1 saturated heterocycles. The summed E-state index contributed by atoms with van der Waals surface area (Å²) in [6, 6.07) is 8.10. The summed E-state index contributed by atoms with van der Waals surface area (Å²) in [5, 5.41) is 4.06. The molecule has 1 saturated carbocycles. The Balaban J connectivity index is 1.82. The maximum absolute atomic E-state index is 12.3. The fourth-order valence-corrected chi connectivity index (χ4v) is 3.70. The molecule has 1 amide bonds. The molecule has 20 heavy (non-hydrogen) atoms. The van der Waals surface area contributed by atoms with Crippen LogP contribution in [0.5, 0.6) is 0 Å². The third-order valence-electron chi connectivity index (χ3n) is 4.72. The van der Waals surface area contributed by atoms with Gasteiger partial charge < -0.3 is 4.90 Å². The second-order valence-electron chi connectivity index (χ2n) is 5.92. The number of nitrogens with one attached hydrogen (secondary N) is 1. The SMILES string of the molecule is CC(C1CCCC1)N1C(=O)CNC1c1ccc(Cl)cc1. The molecule has 4 heteroatoms. The molecule has 3 rings (SSSR count). The number of carbonyl (C=O) groups is 1. The van der Waals surface area contributed by atoms with E-state index >= 15 is 0 Å². The fraction of sp³-hybridized carbons (Fsp3) is 0.562. The molecule has 2 unspecified atom stereocenters. The summed E-state index contributed by atoms with van der Waals surface area (Å²) in [6.45, 7) is 2.63. The zero-order chi connectivity index (χ0) is 14.1. The second-order valence-corrected chi connectivity index (χ2v) is 6.36. The first kappa shape index (κ1) is 13.9. The van der Waals surface area contributed by atoms with Crippen LogP contribution in [-0.2, 0) is 4.79 Å². The van der Waals surface area contributed by atoms with Crippen LogP contribution < -0.4 is 5.32 Å². The van der Waals surface area contributed by atoms with E-state index in [4.69, 9.17) is 11.6 Å². The van der Waals surface area contributed by atoms with Crippen molar-refractivity contribution in [3.63, 3.8) is 0 Å². The first-order chi connectivity index (χ1) is 9.66. The van der Waals surface area contributed by atoms with Crippen molar-refractivity contribution >= 4 is 17.5 Å². The quantitative estimate of drug-likeness (QED) is 0.926. The Morgan fingerprint density at radius 3 is 2.55 bits per heavy atom. The molecule has 108 valence electrons. The van der Waals surface area contributed by atoms with Gasteiger partial charge in [0, 0.05) is 11.1 Å². The molecule has 1 aliphatic heterocycles. The molecule has 0 aromatic heterocycles.